The Bertz CT molecular complexity index is 512. The van der Waals surface area contributed by atoms with Crippen LogP contribution in [0.15, 0.2) is 0 Å². The number of piperidine rings is 1. The van der Waals surface area contributed by atoms with E-state index >= 15 is 0 Å². The zero-order valence-corrected chi connectivity index (χ0v) is 16.1. The van der Waals surface area contributed by atoms with Gasteiger partial charge in [0.1, 0.15) is 6.04 Å². The van der Waals surface area contributed by atoms with Crippen LogP contribution in [0.2, 0.25) is 0 Å². The molecule has 1 saturated carbocycles. The lowest BCUT2D eigenvalue weighted by Crippen LogP contribution is -2.62. The predicted octanol–water partition coefficient (Wildman–Crippen LogP) is 2.98. The van der Waals surface area contributed by atoms with E-state index in [1.54, 1.807) is 0 Å². The molecule has 0 bridgehead atoms. The van der Waals surface area contributed by atoms with Gasteiger partial charge in [0.2, 0.25) is 11.8 Å². The van der Waals surface area contributed by atoms with Gasteiger partial charge in [-0.25, -0.2) is 0 Å². The second kappa shape index (κ2) is 7.87. The molecule has 26 heavy (non-hydrogen) atoms. The third kappa shape index (κ3) is 3.51. The van der Waals surface area contributed by atoms with Crippen molar-refractivity contribution in [3.63, 3.8) is 0 Å². The van der Waals surface area contributed by atoms with Crippen molar-refractivity contribution < 1.29 is 14.3 Å². The van der Waals surface area contributed by atoms with Crippen LogP contribution in [0.3, 0.4) is 0 Å². The molecule has 5 heteroatoms. The van der Waals surface area contributed by atoms with Gasteiger partial charge >= 0.3 is 0 Å². The van der Waals surface area contributed by atoms with Gasteiger partial charge in [-0.05, 0) is 57.3 Å². The van der Waals surface area contributed by atoms with E-state index in [4.69, 9.17) is 4.74 Å². The van der Waals surface area contributed by atoms with Crippen LogP contribution in [0, 0.1) is 11.3 Å². The van der Waals surface area contributed by atoms with E-state index in [1.165, 1.54) is 25.7 Å². The van der Waals surface area contributed by atoms with Crippen LogP contribution in [-0.4, -0.2) is 60.5 Å². The van der Waals surface area contributed by atoms with Gasteiger partial charge in [0.15, 0.2) is 0 Å². The van der Waals surface area contributed by atoms with Gasteiger partial charge < -0.3 is 14.5 Å². The Morgan fingerprint density at radius 1 is 0.885 bits per heavy atom. The fraction of sp³-hybridized carbons (Fsp3) is 0.905. The number of likely N-dealkylation sites (tertiary alicyclic amines) is 2. The fourth-order valence-electron chi connectivity index (χ4n) is 5.85. The molecule has 4 aliphatic rings. The normalized spacial score (nSPS) is 29.5. The van der Waals surface area contributed by atoms with Crippen molar-refractivity contribution in [3.05, 3.63) is 0 Å². The SMILES string of the molecule is O=C(C1N(C(=O)CC2CCCC2)CCCC12CCOCC2)N1CCCC1. The van der Waals surface area contributed by atoms with E-state index in [2.05, 4.69) is 0 Å². The quantitative estimate of drug-likeness (QED) is 0.775. The van der Waals surface area contributed by atoms with Gasteiger partial charge in [0.25, 0.3) is 0 Å². The minimum Gasteiger partial charge on any atom is -0.381 e. The number of amides is 2. The number of hydrogen-bond acceptors (Lipinski definition) is 3. The Kier molecular flexibility index (Phi) is 5.53. The molecule has 1 aliphatic carbocycles. The molecule has 4 rings (SSSR count). The Balaban J connectivity index is 1.57. The highest BCUT2D eigenvalue weighted by molar-refractivity contribution is 5.89. The highest BCUT2D eigenvalue weighted by Crippen LogP contribution is 2.45. The summed E-state index contributed by atoms with van der Waals surface area (Å²) in [5, 5.41) is 0. The maximum absolute atomic E-state index is 13.5. The lowest BCUT2D eigenvalue weighted by atomic mass is 9.67. The molecule has 3 saturated heterocycles. The molecule has 0 N–H and O–H groups in total. The first-order valence-electron chi connectivity index (χ1n) is 10.9. The summed E-state index contributed by atoms with van der Waals surface area (Å²) in [7, 11) is 0. The first-order chi connectivity index (χ1) is 12.7. The summed E-state index contributed by atoms with van der Waals surface area (Å²) < 4.78 is 5.63. The van der Waals surface area contributed by atoms with Crippen LogP contribution in [0.25, 0.3) is 0 Å². The van der Waals surface area contributed by atoms with Gasteiger partial charge in [-0.15, -0.1) is 0 Å². The summed E-state index contributed by atoms with van der Waals surface area (Å²) in [6.45, 7) is 3.96. The van der Waals surface area contributed by atoms with Gasteiger partial charge in [0.05, 0.1) is 0 Å². The lowest BCUT2D eigenvalue weighted by Gasteiger charge is -2.51. The molecule has 0 aromatic heterocycles. The number of carbonyl (C=O) groups is 2. The molecular weight excluding hydrogens is 328 g/mol. The van der Waals surface area contributed by atoms with Crippen LogP contribution in [0.1, 0.15) is 70.6 Å². The highest BCUT2D eigenvalue weighted by atomic mass is 16.5. The third-order valence-electron chi connectivity index (χ3n) is 7.36. The van der Waals surface area contributed by atoms with Crippen LogP contribution < -0.4 is 0 Å². The summed E-state index contributed by atoms with van der Waals surface area (Å²) >= 11 is 0. The Morgan fingerprint density at radius 2 is 1.58 bits per heavy atom. The fourth-order valence-corrected chi connectivity index (χ4v) is 5.85. The van der Waals surface area contributed by atoms with E-state index in [-0.39, 0.29) is 23.3 Å². The molecule has 1 unspecified atom stereocenters. The van der Waals surface area contributed by atoms with E-state index in [0.717, 1.165) is 71.4 Å². The summed E-state index contributed by atoms with van der Waals surface area (Å²) in [5.74, 6) is 1.00. The van der Waals surface area contributed by atoms with Crippen LogP contribution in [0.5, 0.6) is 0 Å². The predicted molar refractivity (Wildman–Crippen MR) is 99.6 cm³/mol. The number of rotatable bonds is 3. The molecule has 146 valence electrons. The van der Waals surface area contributed by atoms with Crippen molar-refractivity contribution in [2.75, 3.05) is 32.8 Å². The minimum atomic E-state index is -0.243. The van der Waals surface area contributed by atoms with Gasteiger partial charge in [-0.1, -0.05) is 12.8 Å². The number of nitrogens with zero attached hydrogens (tertiary/aromatic N) is 2. The zero-order valence-electron chi connectivity index (χ0n) is 16.1. The maximum atomic E-state index is 13.5. The second-order valence-corrected chi connectivity index (χ2v) is 8.95. The lowest BCUT2D eigenvalue weighted by molar-refractivity contribution is -0.161. The van der Waals surface area contributed by atoms with Crippen LogP contribution in [0.4, 0.5) is 0 Å². The molecule has 4 fully saturated rings. The average molecular weight is 363 g/mol. The highest BCUT2D eigenvalue weighted by Gasteiger charge is 2.51. The molecule has 1 atom stereocenters. The summed E-state index contributed by atoms with van der Waals surface area (Å²) in [6.07, 6.45) is 11.7. The second-order valence-electron chi connectivity index (χ2n) is 8.95. The molecule has 1 spiro atoms. The molecule has 3 aliphatic heterocycles. The largest absolute Gasteiger partial charge is 0.381 e. The van der Waals surface area contributed by atoms with Crippen molar-refractivity contribution in [2.24, 2.45) is 11.3 Å². The first-order valence-corrected chi connectivity index (χ1v) is 10.9. The van der Waals surface area contributed by atoms with Crippen molar-refractivity contribution >= 4 is 11.8 Å². The number of carbonyl (C=O) groups excluding carboxylic acids is 2. The number of ether oxygens (including phenoxy) is 1. The minimum absolute atomic E-state index is 0.0541. The molecule has 0 radical (unpaired) electrons. The van der Waals surface area contributed by atoms with Crippen LogP contribution >= 0.6 is 0 Å². The standard InChI is InChI=1S/C21H34N2O3/c24-18(16-17-6-1-2-7-17)23-13-5-8-21(9-14-26-15-10-21)19(23)20(25)22-11-3-4-12-22/h17,19H,1-16H2. The third-order valence-corrected chi connectivity index (χ3v) is 7.36. The monoisotopic (exact) mass is 362 g/mol. The Morgan fingerprint density at radius 3 is 2.27 bits per heavy atom. The van der Waals surface area contributed by atoms with Crippen molar-refractivity contribution in [1.29, 1.82) is 0 Å². The maximum Gasteiger partial charge on any atom is 0.245 e. The Labute approximate surface area is 157 Å². The molecule has 0 aromatic carbocycles. The summed E-state index contributed by atoms with van der Waals surface area (Å²) in [5.41, 5.74) is -0.0541. The molecule has 3 heterocycles. The van der Waals surface area contributed by atoms with Crippen molar-refractivity contribution in [1.82, 2.24) is 9.80 Å². The van der Waals surface area contributed by atoms with Crippen molar-refractivity contribution in [3.8, 4) is 0 Å². The van der Waals surface area contributed by atoms with Gasteiger partial charge in [-0.2, -0.15) is 0 Å². The number of hydrogen-bond donors (Lipinski definition) is 0. The molecule has 5 nitrogen and oxygen atoms in total. The van der Waals surface area contributed by atoms with Gasteiger partial charge in [0, 0.05) is 44.7 Å². The molecule has 2 amide bonds. The van der Waals surface area contributed by atoms with E-state index in [0.29, 0.717) is 12.3 Å². The van der Waals surface area contributed by atoms with Crippen LogP contribution in [-0.2, 0) is 14.3 Å². The average Bonchev–Trinajstić information content (AvgIpc) is 3.35. The summed E-state index contributed by atoms with van der Waals surface area (Å²) in [6, 6.07) is -0.243. The molecular formula is C21H34N2O3. The van der Waals surface area contributed by atoms with Crippen molar-refractivity contribution in [2.45, 2.75) is 76.7 Å². The summed E-state index contributed by atoms with van der Waals surface area (Å²) in [4.78, 5) is 30.8. The van der Waals surface area contributed by atoms with Gasteiger partial charge in [-0.3, -0.25) is 9.59 Å². The Hall–Kier alpha value is -1.10. The van der Waals surface area contributed by atoms with E-state index < -0.39 is 0 Å². The zero-order chi connectivity index (χ0) is 18.0. The topological polar surface area (TPSA) is 49.9 Å². The smallest absolute Gasteiger partial charge is 0.245 e. The molecule has 0 aromatic rings. The van der Waals surface area contributed by atoms with E-state index in [9.17, 15) is 9.59 Å². The first kappa shape index (κ1) is 18.3. The van der Waals surface area contributed by atoms with E-state index in [1.807, 2.05) is 9.80 Å².